The van der Waals surface area contributed by atoms with Crippen LogP contribution in [-0.4, -0.2) is 20.7 Å². The van der Waals surface area contributed by atoms with Crippen LogP contribution in [0.3, 0.4) is 0 Å². The van der Waals surface area contributed by atoms with Gasteiger partial charge in [-0.15, -0.1) is 0 Å². The average Bonchev–Trinajstić information content (AvgIpc) is 2.18. The highest BCUT2D eigenvalue weighted by Gasteiger charge is 2.28. The Morgan fingerprint density at radius 2 is 1.65 bits per heavy atom. The zero-order chi connectivity index (χ0) is 12.6. The first-order chi connectivity index (χ1) is 7.92. The summed E-state index contributed by atoms with van der Waals surface area (Å²) in [4.78, 5) is 0. The van der Waals surface area contributed by atoms with Crippen molar-refractivity contribution in [3.8, 4) is 0 Å². The van der Waals surface area contributed by atoms with Gasteiger partial charge in [0.05, 0.1) is 11.4 Å². The molecule has 0 atom stereocenters. The lowest BCUT2D eigenvalue weighted by molar-refractivity contribution is 0.574. The van der Waals surface area contributed by atoms with Gasteiger partial charge in [-0.3, -0.25) is 4.31 Å². The Kier molecular flexibility index (Phi) is 3.17. The van der Waals surface area contributed by atoms with Crippen LogP contribution in [0.25, 0.3) is 0 Å². The second kappa shape index (κ2) is 4.33. The third-order valence-electron chi connectivity index (χ3n) is 3.23. The number of anilines is 1. The number of sulfonamides is 1. The van der Waals surface area contributed by atoms with E-state index in [0.29, 0.717) is 6.54 Å². The Labute approximate surface area is 104 Å². The Morgan fingerprint density at radius 1 is 1.06 bits per heavy atom. The molecule has 1 saturated heterocycles. The van der Waals surface area contributed by atoms with Crippen LogP contribution in [0, 0.1) is 20.8 Å². The molecule has 0 N–H and O–H groups in total. The quantitative estimate of drug-likeness (QED) is 0.771. The second-order valence-corrected chi connectivity index (χ2v) is 6.86. The molecule has 0 unspecified atom stereocenters. The normalized spacial score (nSPS) is 19.4. The van der Waals surface area contributed by atoms with Gasteiger partial charge in [0.1, 0.15) is 0 Å². The summed E-state index contributed by atoms with van der Waals surface area (Å²) in [5.41, 5.74) is 4.16. The van der Waals surface area contributed by atoms with Crippen LogP contribution < -0.4 is 4.31 Å². The highest BCUT2D eigenvalue weighted by Crippen LogP contribution is 2.30. The molecule has 1 fully saturated rings. The van der Waals surface area contributed by atoms with Crippen LogP contribution in [0.4, 0.5) is 5.69 Å². The Balaban J connectivity index is 2.53. The highest BCUT2D eigenvalue weighted by atomic mass is 32.2. The van der Waals surface area contributed by atoms with Crippen molar-refractivity contribution in [2.75, 3.05) is 16.6 Å². The summed E-state index contributed by atoms with van der Waals surface area (Å²) in [6, 6.07) is 4.10. The van der Waals surface area contributed by atoms with Crippen molar-refractivity contribution in [3.63, 3.8) is 0 Å². The summed E-state index contributed by atoms with van der Waals surface area (Å²) in [5, 5.41) is 0. The first kappa shape index (κ1) is 12.4. The number of hydrogen-bond donors (Lipinski definition) is 0. The molecule has 2 rings (SSSR count). The summed E-state index contributed by atoms with van der Waals surface area (Å²) in [6.45, 7) is 6.63. The van der Waals surface area contributed by atoms with E-state index >= 15 is 0 Å². The molecule has 0 amide bonds. The zero-order valence-corrected chi connectivity index (χ0v) is 11.5. The molecule has 0 saturated carbocycles. The monoisotopic (exact) mass is 253 g/mol. The molecule has 0 bridgehead atoms. The van der Waals surface area contributed by atoms with Gasteiger partial charge in [-0.1, -0.05) is 17.7 Å². The van der Waals surface area contributed by atoms with Gasteiger partial charge < -0.3 is 0 Å². The topological polar surface area (TPSA) is 37.4 Å². The van der Waals surface area contributed by atoms with Crippen molar-refractivity contribution in [2.24, 2.45) is 0 Å². The number of hydrogen-bond acceptors (Lipinski definition) is 2. The van der Waals surface area contributed by atoms with Gasteiger partial charge >= 0.3 is 0 Å². The van der Waals surface area contributed by atoms with Gasteiger partial charge in [0, 0.05) is 6.54 Å². The molecule has 1 aliphatic rings. The molecule has 0 spiro atoms. The van der Waals surface area contributed by atoms with E-state index in [-0.39, 0.29) is 5.75 Å². The fraction of sp³-hybridized carbons (Fsp3) is 0.538. The van der Waals surface area contributed by atoms with E-state index in [2.05, 4.69) is 0 Å². The van der Waals surface area contributed by atoms with Gasteiger partial charge in [0.2, 0.25) is 10.0 Å². The lowest BCUT2D eigenvalue weighted by Crippen LogP contribution is -2.38. The predicted octanol–water partition coefficient (Wildman–Crippen LogP) is 2.54. The third kappa shape index (κ3) is 2.32. The number of benzene rings is 1. The van der Waals surface area contributed by atoms with Crippen LogP contribution in [0.15, 0.2) is 12.1 Å². The van der Waals surface area contributed by atoms with Crippen LogP contribution in [0.5, 0.6) is 0 Å². The minimum absolute atomic E-state index is 0.278. The number of aryl methyl sites for hydroxylation is 3. The lowest BCUT2D eigenvalue weighted by Gasteiger charge is -2.31. The van der Waals surface area contributed by atoms with E-state index in [4.69, 9.17) is 0 Å². The minimum atomic E-state index is -3.10. The Morgan fingerprint density at radius 3 is 2.18 bits per heavy atom. The predicted molar refractivity (Wildman–Crippen MR) is 71.0 cm³/mol. The van der Waals surface area contributed by atoms with Gasteiger partial charge in [-0.2, -0.15) is 0 Å². The maximum atomic E-state index is 12.1. The Bertz CT molecular complexity index is 511. The summed E-state index contributed by atoms with van der Waals surface area (Å²) >= 11 is 0. The molecule has 17 heavy (non-hydrogen) atoms. The molecule has 1 aromatic carbocycles. The van der Waals surface area contributed by atoms with Crippen LogP contribution in [0.2, 0.25) is 0 Å². The van der Waals surface area contributed by atoms with Crippen molar-refractivity contribution in [3.05, 3.63) is 28.8 Å². The minimum Gasteiger partial charge on any atom is -0.270 e. The first-order valence-corrected chi connectivity index (χ1v) is 7.61. The van der Waals surface area contributed by atoms with Crippen LogP contribution in [0.1, 0.15) is 29.5 Å². The number of nitrogens with zero attached hydrogens (tertiary/aromatic N) is 1. The Hall–Kier alpha value is -1.03. The SMILES string of the molecule is Cc1cc(C)c(N2CCCCS2(=O)=O)c(C)c1. The maximum absolute atomic E-state index is 12.1. The van der Waals surface area contributed by atoms with Crippen molar-refractivity contribution in [1.82, 2.24) is 0 Å². The van der Waals surface area contributed by atoms with Crippen LogP contribution >= 0.6 is 0 Å². The van der Waals surface area contributed by atoms with E-state index in [0.717, 1.165) is 29.7 Å². The molecular formula is C13H19NO2S. The highest BCUT2D eigenvalue weighted by molar-refractivity contribution is 7.92. The number of rotatable bonds is 1. The summed E-state index contributed by atoms with van der Waals surface area (Å²) in [6.07, 6.45) is 1.73. The molecule has 1 heterocycles. The van der Waals surface area contributed by atoms with E-state index < -0.39 is 10.0 Å². The third-order valence-corrected chi connectivity index (χ3v) is 5.08. The van der Waals surface area contributed by atoms with Crippen molar-refractivity contribution in [1.29, 1.82) is 0 Å². The maximum Gasteiger partial charge on any atom is 0.235 e. The van der Waals surface area contributed by atoms with Crippen molar-refractivity contribution >= 4 is 15.7 Å². The van der Waals surface area contributed by atoms with E-state index in [1.165, 1.54) is 5.56 Å². The second-order valence-electron chi connectivity index (χ2n) is 4.84. The van der Waals surface area contributed by atoms with E-state index in [1.54, 1.807) is 4.31 Å². The molecule has 3 nitrogen and oxygen atoms in total. The fourth-order valence-corrected chi connectivity index (χ4v) is 4.37. The molecular weight excluding hydrogens is 234 g/mol. The van der Waals surface area contributed by atoms with Gasteiger partial charge in [-0.05, 0) is 44.7 Å². The van der Waals surface area contributed by atoms with Gasteiger partial charge in [-0.25, -0.2) is 8.42 Å². The first-order valence-electron chi connectivity index (χ1n) is 6.00. The standard InChI is InChI=1S/C13H19NO2S/c1-10-8-11(2)13(12(3)9-10)14-6-4-5-7-17(14,15)16/h8-9H,4-7H2,1-3H3. The molecule has 1 aromatic rings. The molecule has 1 aliphatic heterocycles. The lowest BCUT2D eigenvalue weighted by atomic mass is 10.0. The zero-order valence-electron chi connectivity index (χ0n) is 10.7. The van der Waals surface area contributed by atoms with E-state index in [1.807, 2.05) is 32.9 Å². The molecule has 0 aliphatic carbocycles. The van der Waals surface area contributed by atoms with Crippen molar-refractivity contribution < 1.29 is 8.42 Å². The summed E-state index contributed by atoms with van der Waals surface area (Å²) in [7, 11) is -3.10. The molecule has 4 heteroatoms. The van der Waals surface area contributed by atoms with Crippen molar-refractivity contribution in [2.45, 2.75) is 33.6 Å². The van der Waals surface area contributed by atoms with Crippen LogP contribution in [-0.2, 0) is 10.0 Å². The summed E-state index contributed by atoms with van der Waals surface area (Å²) in [5.74, 6) is 0.278. The van der Waals surface area contributed by atoms with E-state index in [9.17, 15) is 8.42 Å². The smallest absolute Gasteiger partial charge is 0.235 e. The molecule has 0 aromatic heterocycles. The molecule has 94 valence electrons. The van der Waals surface area contributed by atoms with Gasteiger partial charge in [0.25, 0.3) is 0 Å². The van der Waals surface area contributed by atoms with Gasteiger partial charge in [0.15, 0.2) is 0 Å². The molecule has 0 radical (unpaired) electrons. The average molecular weight is 253 g/mol. The largest absolute Gasteiger partial charge is 0.270 e. The summed E-state index contributed by atoms with van der Waals surface area (Å²) < 4.78 is 25.8. The fourth-order valence-electron chi connectivity index (χ4n) is 2.61.